The summed E-state index contributed by atoms with van der Waals surface area (Å²) < 4.78 is 0. The van der Waals surface area contributed by atoms with Gasteiger partial charge >= 0.3 is 0 Å². The van der Waals surface area contributed by atoms with Crippen molar-refractivity contribution in [2.75, 3.05) is 5.32 Å². The number of amides is 1. The summed E-state index contributed by atoms with van der Waals surface area (Å²) >= 11 is 7.76. The molecule has 0 radical (unpaired) electrons. The molecule has 0 saturated carbocycles. The fraction of sp³-hybridized carbons (Fsp3) is 0.267. The van der Waals surface area contributed by atoms with Crippen LogP contribution in [0.25, 0.3) is 0 Å². The molecule has 1 amide bonds. The van der Waals surface area contributed by atoms with E-state index < -0.39 is 0 Å². The Morgan fingerprint density at radius 1 is 1.45 bits per heavy atom. The zero-order valence-electron chi connectivity index (χ0n) is 11.0. The topological polar surface area (TPSA) is 41.1 Å². The van der Waals surface area contributed by atoms with Crippen molar-refractivity contribution < 1.29 is 4.79 Å². The molecule has 3 nitrogen and oxygen atoms in total. The zero-order valence-corrected chi connectivity index (χ0v) is 12.6. The number of rotatable bonds is 4. The molecule has 2 unspecified atom stereocenters. The number of fused-ring (bicyclic) bond motifs is 1. The minimum atomic E-state index is -0.321. The molecule has 0 fully saturated rings. The molecule has 2 N–H and O–H groups in total. The van der Waals surface area contributed by atoms with E-state index in [1.54, 1.807) is 17.4 Å². The van der Waals surface area contributed by atoms with E-state index in [4.69, 9.17) is 11.6 Å². The quantitative estimate of drug-likeness (QED) is 0.906. The number of halogens is 1. The van der Waals surface area contributed by atoms with Gasteiger partial charge in [0.25, 0.3) is 0 Å². The summed E-state index contributed by atoms with van der Waals surface area (Å²) in [5.74, 6) is -0.0136. The molecule has 20 heavy (non-hydrogen) atoms. The molecular weight excluding hydrogens is 292 g/mol. The highest BCUT2D eigenvalue weighted by Gasteiger charge is 2.31. The Bertz CT molecular complexity index is 627. The smallest absolute Gasteiger partial charge is 0.246 e. The summed E-state index contributed by atoms with van der Waals surface area (Å²) in [5, 5.41) is 8.99. The Balaban J connectivity index is 1.74. The number of anilines is 1. The van der Waals surface area contributed by atoms with Crippen LogP contribution in [0.15, 0.2) is 35.7 Å². The number of nitrogens with one attached hydrogen (secondary N) is 2. The minimum absolute atomic E-state index is 0.0136. The number of benzene rings is 1. The lowest BCUT2D eigenvalue weighted by atomic mass is 10.1. The Morgan fingerprint density at radius 2 is 2.30 bits per heavy atom. The van der Waals surface area contributed by atoms with E-state index in [0.717, 1.165) is 17.7 Å². The maximum atomic E-state index is 12.1. The Hall–Kier alpha value is -1.36. The number of carbonyl (C=O) groups excluding carboxylic acids is 1. The molecule has 5 heteroatoms. The molecule has 2 aromatic rings. The average molecular weight is 307 g/mol. The van der Waals surface area contributed by atoms with Crippen molar-refractivity contribution in [3.63, 3.8) is 0 Å². The first-order valence-electron chi connectivity index (χ1n) is 6.52. The van der Waals surface area contributed by atoms with Crippen LogP contribution < -0.4 is 10.6 Å². The molecule has 2 atom stereocenters. The maximum Gasteiger partial charge on any atom is 0.246 e. The third-order valence-corrected chi connectivity index (χ3v) is 4.52. The van der Waals surface area contributed by atoms with Gasteiger partial charge < -0.3 is 5.32 Å². The molecule has 1 aliphatic rings. The highest BCUT2D eigenvalue weighted by atomic mass is 35.5. The van der Waals surface area contributed by atoms with Crippen LogP contribution in [0.2, 0.25) is 5.02 Å². The summed E-state index contributed by atoms with van der Waals surface area (Å²) in [7, 11) is 0. The molecular formula is C15H15ClN2OS. The van der Waals surface area contributed by atoms with E-state index in [-0.39, 0.29) is 18.0 Å². The zero-order chi connectivity index (χ0) is 14.1. The summed E-state index contributed by atoms with van der Waals surface area (Å²) in [6, 6.07) is 9.55. The Morgan fingerprint density at radius 3 is 3.05 bits per heavy atom. The summed E-state index contributed by atoms with van der Waals surface area (Å²) in [4.78, 5) is 13.4. The molecule has 0 saturated heterocycles. The molecule has 2 heterocycles. The van der Waals surface area contributed by atoms with Crippen LogP contribution in [-0.4, -0.2) is 11.9 Å². The highest BCUT2D eigenvalue weighted by Crippen LogP contribution is 2.33. The van der Waals surface area contributed by atoms with Gasteiger partial charge in [-0.1, -0.05) is 17.7 Å². The standard InChI is InChI=1S/C15H15ClN2OS/c1-9(7-11-3-2-6-20-11)17-14-12-8-10(16)4-5-13(12)18-15(14)19/h2-6,8-9,14,17H,7H2,1H3,(H,18,19). The van der Waals surface area contributed by atoms with Gasteiger partial charge in [0.05, 0.1) is 0 Å². The van der Waals surface area contributed by atoms with Crippen molar-refractivity contribution >= 4 is 34.5 Å². The molecule has 1 aromatic heterocycles. The lowest BCUT2D eigenvalue weighted by Gasteiger charge is -2.18. The average Bonchev–Trinajstić information content (AvgIpc) is 3.00. The van der Waals surface area contributed by atoms with Gasteiger partial charge in [0.1, 0.15) is 6.04 Å². The van der Waals surface area contributed by atoms with Crippen molar-refractivity contribution in [3.8, 4) is 0 Å². The largest absolute Gasteiger partial charge is 0.324 e. The second kappa shape index (κ2) is 5.56. The van der Waals surface area contributed by atoms with E-state index in [1.807, 2.05) is 18.2 Å². The molecule has 3 rings (SSSR count). The van der Waals surface area contributed by atoms with Crippen LogP contribution in [0.5, 0.6) is 0 Å². The van der Waals surface area contributed by atoms with E-state index >= 15 is 0 Å². The Kier molecular flexibility index (Phi) is 3.78. The monoisotopic (exact) mass is 306 g/mol. The number of hydrogen-bond acceptors (Lipinski definition) is 3. The molecule has 1 aromatic carbocycles. The van der Waals surface area contributed by atoms with Crippen LogP contribution in [0, 0.1) is 0 Å². The van der Waals surface area contributed by atoms with Crippen LogP contribution >= 0.6 is 22.9 Å². The number of hydrogen-bond donors (Lipinski definition) is 2. The summed E-state index contributed by atoms with van der Waals surface area (Å²) in [5.41, 5.74) is 1.78. The van der Waals surface area contributed by atoms with Crippen LogP contribution in [0.1, 0.15) is 23.4 Å². The van der Waals surface area contributed by atoms with Crippen LogP contribution in [-0.2, 0) is 11.2 Å². The SMILES string of the molecule is CC(Cc1cccs1)NC1C(=O)Nc2ccc(Cl)cc21. The van der Waals surface area contributed by atoms with E-state index in [2.05, 4.69) is 29.0 Å². The van der Waals surface area contributed by atoms with Gasteiger partial charge in [0, 0.05) is 27.2 Å². The first kappa shape index (κ1) is 13.6. The van der Waals surface area contributed by atoms with Crippen molar-refractivity contribution in [2.45, 2.75) is 25.4 Å². The fourth-order valence-corrected chi connectivity index (χ4v) is 3.49. The molecule has 0 bridgehead atoms. The van der Waals surface area contributed by atoms with Gasteiger partial charge in [-0.25, -0.2) is 0 Å². The lowest BCUT2D eigenvalue weighted by molar-refractivity contribution is -0.117. The van der Waals surface area contributed by atoms with Gasteiger partial charge in [-0.15, -0.1) is 11.3 Å². The Labute approximate surface area is 127 Å². The summed E-state index contributed by atoms with van der Waals surface area (Å²) in [6.45, 7) is 2.09. The van der Waals surface area contributed by atoms with Gasteiger partial charge in [0.15, 0.2) is 0 Å². The first-order chi connectivity index (χ1) is 9.63. The lowest BCUT2D eigenvalue weighted by Crippen LogP contribution is -2.35. The van der Waals surface area contributed by atoms with E-state index in [1.165, 1.54) is 4.88 Å². The van der Waals surface area contributed by atoms with Crippen molar-refractivity contribution in [1.82, 2.24) is 5.32 Å². The third-order valence-electron chi connectivity index (χ3n) is 3.38. The molecule has 104 valence electrons. The second-order valence-corrected chi connectivity index (χ2v) is 6.47. The van der Waals surface area contributed by atoms with Crippen LogP contribution in [0.3, 0.4) is 0 Å². The molecule has 1 aliphatic heterocycles. The molecule has 0 aliphatic carbocycles. The third kappa shape index (κ3) is 2.73. The number of carbonyl (C=O) groups is 1. The fourth-order valence-electron chi connectivity index (χ4n) is 2.47. The highest BCUT2D eigenvalue weighted by molar-refractivity contribution is 7.09. The normalized spacial score (nSPS) is 18.7. The van der Waals surface area contributed by atoms with Crippen LogP contribution in [0.4, 0.5) is 5.69 Å². The first-order valence-corrected chi connectivity index (χ1v) is 7.78. The van der Waals surface area contributed by atoms with Gasteiger partial charge in [-0.05, 0) is 43.0 Å². The van der Waals surface area contributed by atoms with Crippen molar-refractivity contribution in [2.24, 2.45) is 0 Å². The van der Waals surface area contributed by atoms with Crippen molar-refractivity contribution in [1.29, 1.82) is 0 Å². The maximum absolute atomic E-state index is 12.1. The summed E-state index contributed by atoms with van der Waals surface area (Å²) in [6.07, 6.45) is 0.914. The van der Waals surface area contributed by atoms with Gasteiger partial charge in [-0.3, -0.25) is 10.1 Å². The predicted molar refractivity (Wildman–Crippen MR) is 83.4 cm³/mol. The minimum Gasteiger partial charge on any atom is -0.324 e. The van der Waals surface area contributed by atoms with Crippen molar-refractivity contribution in [3.05, 3.63) is 51.2 Å². The van der Waals surface area contributed by atoms with Gasteiger partial charge in [-0.2, -0.15) is 0 Å². The van der Waals surface area contributed by atoms with E-state index in [0.29, 0.717) is 5.02 Å². The van der Waals surface area contributed by atoms with Gasteiger partial charge in [0.2, 0.25) is 5.91 Å². The number of thiophene rings is 1. The second-order valence-electron chi connectivity index (χ2n) is 5.01. The van der Waals surface area contributed by atoms with E-state index in [9.17, 15) is 4.79 Å². The predicted octanol–water partition coefficient (Wildman–Crippen LogP) is 3.62. The molecule has 0 spiro atoms.